The third-order valence-electron chi connectivity index (χ3n) is 3.16. The van der Waals surface area contributed by atoms with Crippen LogP contribution in [-0.4, -0.2) is 17.3 Å². The van der Waals surface area contributed by atoms with E-state index in [1.807, 2.05) is 13.8 Å². The quantitative estimate of drug-likeness (QED) is 0.808. The molecule has 0 aromatic carbocycles. The first-order valence-electron chi connectivity index (χ1n) is 5.50. The normalized spacial score (nSPS) is 18.6. The summed E-state index contributed by atoms with van der Waals surface area (Å²) in [7, 11) is 0. The van der Waals surface area contributed by atoms with E-state index in [0.29, 0.717) is 0 Å². The SMILES string of the molecule is Cc1cc(C(C)N2CCCC2=N)c(C)o1. The van der Waals surface area contributed by atoms with Crippen molar-refractivity contribution < 1.29 is 4.42 Å². The van der Waals surface area contributed by atoms with E-state index in [9.17, 15) is 0 Å². The molecule has 1 aliphatic heterocycles. The predicted molar refractivity (Wildman–Crippen MR) is 60.3 cm³/mol. The summed E-state index contributed by atoms with van der Waals surface area (Å²) >= 11 is 0. The van der Waals surface area contributed by atoms with Crippen LogP contribution in [0.4, 0.5) is 0 Å². The second kappa shape index (κ2) is 3.72. The lowest BCUT2D eigenvalue weighted by Gasteiger charge is -2.25. The van der Waals surface area contributed by atoms with Crippen LogP contribution in [0.5, 0.6) is 0 Å². The number of hydrogen-bond acceptors (Lipinski definition) is 2. The summed E-state index contributed by atoms with van der Waals surface area (Å²) in [4.78, 5) is 2.16. The summed E-state index contributed by atoms with van der Waals surface area (Å²) in [5, 5.41) is 7.86. The van der Waals surface area contributed by atoms with Gasteiger partial charge in [-0.25, -0.2) is 0 Å². The molecule has 82 valence electrons. The first-order valence-corrected chi connectivity index (χ1v) is 5.50. The first-order chi connectivity index (χ1) is 7.09. The van der Waals surface area contributed by atoms with Crippen LogP contribution in [0.25, 0.3) is 0 Å². The standard InChI is InChI=1S/C12H18N2O/c1-8-7-11(10(3)15-8)9(2)14-6-4-5-12(14)13/h7,9,13H,4-6H2,1-3H3. The molecule has 15 heavy (non-hydrogen) atoms. The van der Waals surface area contributed by atoms with Crippen molar-refractivity contribution in [1.29, 1.82) is 5.41 Å². The van der Waals surface area contributed by atoms with E-state index < -0.39 is 0 Å². The maximum atomic E-state index is 7.86. The average molecular weight is 206 g/mol. The van der Waals surface area contributed by atoms with E-state index in [2.05, 4.69) is 17.9 Å². The van der Waals surface area contributed by atoms with Crippen LogP contribution in [0.2, 0.25) is 0 Å². The Labute approximate surface area is 90.6 Å². The molecule has 2 heterocycles. The first kappa shape index (κ1) is 10.3. The second-order valence-electron chi connectivity index (χ2n) is 4.29. The van der Waals surface area contributed by atoms with Crippen molar-refractivity contribution in [3.05, 3.63) is 23.2 Å². The largest absolute Gasteiger partial charge is 0.466 e. The zero-order chi connectivity index (χ0) is 11.0. The van der Waals surface area contributed by atoms with Crippen LogP contribution in [0.1, 0.15) is 42.9 Å². The lowest BCUT2D eigenvalue weighted by Crippen LogP contribution is -2.27. The van der Waals surface area contributed by atoms with Crippen LogP contribution < -0.4 is 0 Å². The lowest BCUT2D eigenvalue weighted by atomic mass is 10.1. The maximum absolute atomic E-state index is 7.86. The van der Waals surface area contributed by atoms with Crippen LogP contribution in [0.3, 0.4) is 0 Å². The number of rotatable bonds is 2. The predicted octanol–water partition coefficient (Wildman–Crippen LogP) is 3.03. The van der Waals surface area contributed by atoms with Gasteiger partial charge in [0.15, 0.2) is 0 Å². The van der Waals surface area contributed by atoms with Gasteiger partial charge in [0.05, 0.1) is 11.9 Å². The molecule has 1 aromatic rings. The van der Waals surface area contributed by atoms with E-state index in [0.717, 1.165) is 36.7 Å². The minimum absolute atomic E-state index is 0.275. The van der Waals surface area contributed by atoms with E-state index >= 15 is 0 Å². The van der Waals surface area contributed by atoms with Crippen molar-refractivity contribution in [1.82, 2.24) is 4.90 Å². The molecule has 1 fully saturated rings. The number of amidine groups is 1. The van der Waals surface area contributed by atoms with Gasteiger partial charge in [0, 0.05) is 18.5 Å². The Morgan fingerprint density at radius 3 is 2.67 bits per heavy atom. The van der Waals surface area contributed by atoms with Gasteiger partial charge in [-0.05, 0) is 33.3 Å². The summed E-state index contributed by atoms with van der Waals surface area (Å²) in [6.45, 7) is 7.12. The van der Waals surface area contributed by atoms with Gasteiger partial charge in [-0.3, -0.25) is 5.41 Å². The fourth-order valence-electron chi connectivity index (χ4n) is 2.36. The van der Waals surface area contributed by atoms with Gasteiger partial charge in [0.25, 0.3) is 0 Å². The molecular weight excluding hydrogens is 188 g/mol. The Balaban J connectivity index is 2.23. The summed E-state index contributed by atoms with van der Waals surface area (Å²) < 4.78 is 5.53. The highest BCUT2D eigenvalue weighted by atomic mass is 16.3. The van der Waals surface area contributed by atoms with E-state index in [1.165, 1.54) is 5.56 Å². The molecule has 1 saturated heterocycles. The van der Waals surface area contributed by atoms with Gasteiger partial charge in [-0.15, -0.1) is 0 Å². The highest BCUT2D eigenvalue weighted by Gasteiger charge is 2.25. The second-order valence-corrected chi connectivity index (χ2v) is 4.29. The van der Waals surface area contributed by atoms with Gasteiger partial charge >= 0.3 is 0 Å². The van der Waals surface area contributed by atoms with Gasteiger partial charge < -0.3 is 9.32 Å². The van der Waals surface area contributed by atoms with Crippen molar-refractivity contribution in [2.45, 2.75) is 39.7 Å². The number of furan rings is 1. The highest BCUT2D eigenvalue weighted by Crippen LogP contribution is 2.29. The molecule has 1 atom stereocenters. The smallest absolute Gasteiger partial charge is 0.106 e. The highest BCUT2D eigenvalue weighted by molar-refractivity contribution is 5.81. The fourth-order valence-corrected chi connectivity index (χ4v) is 2.36. The maximum Gasteiger partial charge on any atom is 0.106 e. The van der Waals surface area contributed by atoms with E-state index in [1.54, 1.807) is 0 Å². The molecule has 0 radical (unpaired) electrons. The van der Waals surface area contributed by atoms with Gasteiger partial charge in [0.1, 0.15) is 11.5 Å². The van der Waals surface area contributed by atoms with E-state index in [-0.39, 0.29) is 6.04 Å². The third kappa shape index (κ3) is 1.78. The molecule has 1 aliphatic rings. The van der Waals surface area contributed by atoms with Gasteiger partial charge in [-0.2, -0.15) is 0 Å². The molecule has 3 nitrogen and oxygen atoms in total. The van der Waals surface area contributed by atoms with Crippen molar-refractivity contribution in [2.24, 2.45) is 0 Å². The number of nitrogens with zero attached hydrogens (tertiary/aromatic N) is 1. The zero-order valence-corrected chi connectivity index (χ0v) is 9.63. The van der Waals surface area contributed by atoms with Crippen LogP contribution in [0, 0.1) is 19.3 Å². The molecule has 0 spiro atoms. The molecular formula is C12H18N2O. The van der Waals surface area contributed by atoms with Crippen molar-refractivity contribution in [2.75, 3.05) is 6.54 Å². The zero-order valence-electron chi connectivity index (χ0n) is 9.63. The van der Waals surface area contributed by atoms with Crippen molar-refractivity contribution >= 4 is 5.84 Å². The summed E-state index contributed by atoms with van der Waals surface area (Å²) in [5.41, 5.74) is 1.22. The molecule has 0 saturated carbocycles. The third-order valence-corrected chi connectivity index (χ3v) is 3.16. The summed E-state index contributed by atoms with van der Waals surface area (Å²) in [5.74, 6) is 2.71. The Bertz CT molecular complexity index is 381. The van der Waals surface area contributed by atoms with Crippen LogP contribution in [0.15, 0.2) is 10.5 Å². The van der Waals surface area contributed by atoms with Gasteiger partial charge in [-0.1, -0.05) is 0 Å². The van der Waals surface area contributed by atoms with Crippen molar-refractivity contribution in [3.8, 4) is 0 Å². The Kier molecular flexibility index (Phi) is 2.55. The monoisotopic (exact) mass is 206 g/mol. The molecule has 1 N–H and O–H groups in total. The molecule has 0 amide bonds. The minimum Gasteiger partial charge on any atom is -0.466 e. The number of likely N-dealkylation sites (tertiary alicyclic amines) is 1. The molecule has 1 unspecified atom stereocenters. The molecule has 0 bridgehead atoms. The number of nitrogens with one attached hydrogen (secondary N) is 1. The molecule has 2 rings (SSSR count). The summed E-state index contributed by atoms with van der Waals surface area (Å²) in [6.07, 6.45) is 2.03. The summed E-state index contributed by atoms with van der Waals surface area (Å²) in [6, 6.07) is 2.36. The molecule has 0 aliphatic carbocycles. The lowest BCUT2D eigenvalue weighted by molar-refractivity contribution is 0.356. The topological polar surface area (TPSA) is 40.2 Å². The number of aryl methyl sites for hydroxylation is 2. The molecule has 3 heteroatoms. The van der Waals surface area contributed by atoms with E-state index in [4.69, 9.17) is 9.83 Å². The Morgan fingerprint density at radius 1 is 1.47 bits per heavy atom. The fraction of sp³-hybridized carbons (Fsp3) is 0.583. The van der Waals surface area contributed by atoms with Crippen LogP contribution >= 0.6 is 0 Å². The molecule has 1 aromatic heterocycles. The van der Waals surface area contributed by atoms with Crippen LogP contribution in [-0.2, 0) is 0 Å². The van der Waals surface area contributed by atoms with Gasteiger partial charge in [0.2, 0.25) is 0 Å². The number of hydrogen-bond donors (Lipinski definition) is 1. The Hall–Kier alpha value is -1.25. The average Bonchev–Trinajstić information content (AvgIpc) is 2.71. The Morgan fingerprint density at radius 2 is 2.20 bits per heavy atom. The van der Waals surface area contributed by atoms with Crippen molar-refractivity contribution in [3.63, 3.8) is 0 Å². The minimum atomic E-state index is 0.275.